The van der Waals surface area contributed by atoms with E-state index in [-0.39, 0.29) is 25.2 Å². The number of aliphatic hydroxyl groups is 1. The number of carbonyl (C=O) groups is 1. The molecule has 0 aromatic rings. The molecule has 2 aliphatic heterocycles. The zero-order chi connectivity index (χ0) is 12.4. The van der Waals surface area contributed by atoms with Crippen LogP contribution < -0.4 is 0 Å². The van der Waals surface area contributed by atoms with Gasteiger partial charge in [0, 0.05) is 31.7 Å². The lowest BCUT2D eigenvalue weighted by Crippen LogP contribution is -2.53. The minimum Gasteiger partial charge on any atom is -0.394 e. The molecule has 1 amide bonds. The second-order valence-electron chi connectivity index (χ2n) is 5.19. The summed E-state index contributed by atoms with van der Waals surface area (Å²) in [5.41, 5.74) is 0. The number of amides is 1. The summed E-state index contributed by atoms with van der Waals surface area (Å²) in [6.07, 6.45) is 0.822. The van der Waals surface area contributed by atoms with E-state index in [2.05, 4.69) is 18.7 Å². The zero-order valence-electron chi connectivity index (χ0n) is 10.6. The van der Waals surface area contributed by atoms with Gasteiger partial charge in [-0.2, -0.15) is 0 Å². The van der Waals surface area contributed by atoms with Gasteiger partial charge in [-0.05, 0) is 20.3 Å². The Kier molecular flexibility index (Phi) is 4.01. The van der Waals surface area contributed by atoms with Gasteiger partial charge in [0.15, 0.2) is 0 Å². The number of likely N-dealkylation sites (tertiary alicyclic amines) is 1. The van der Waals surface area contributed by atoms with Gasteiger partial charge < -0.3 is 14.7 Å². The highest BCUT2D eigenvalue weighted by molar-refractivity contribution is 5.78. The molecular weight excluding hydrogens is 220 g/mol. The first-order chi connectivity index (χ1) is 8.11. The van der Waals surface area contributed by atoms with Crippen molar-refractivity contribution >= 4 is 5.91 Å². The van der Waals surface area contributed by atoms with E-state index >= 15 is 0 Å². The number of morpholine rings is 1. The molecule has 2 unspecified atom stereocenters. The fraction of sp³-hybridized carbons (Fsp3) is 0.917. The Morgan fingerprint density at radius 3 is 2.82 bits per heavy atom. The van der Waals surface area contributed by atoms with Crippen molar-refractivity contribution in [2.75, 3.05) is 32.8 Å². The summed E-state index contributed by atoms with van der Waals surface area (Å²) in [5, 5.41) is 9.10. The first-order valence-corrected chi connectivity index (χ1v) is 6.37. The van der Waals surface area contributed by atoms with Crippen LogP contribution in [0.3, 0.4) is 0 Å². The molecule has 17 heavy (non-hydrogen) atoms. The lowest BCUT2D eigenvalue weighted by Gasteiger charge is -2.36. The monoisotopic (exact) mass is 242 g/mol. The Hall–Kier alpha value is -0.650. The third-order valence-electron chi connectivity index (χ3n) is 3.73. The van der Waals surface area contributed by atoms with Crippen LogP contribution in [0.2, 0.25) is 0 Å². The van der Waals surface area contributed by atoms with E-state index in [9.17, 15) is 4.79 Å². The maximum Gasteiger partial charge on any atom is 0.248 e. The first kappa shape index (κ1) is 12.8. The Balaban J connectivity index is 1.94. The first-order valence-electron chi connectivity index (χ1n) is 6.37. The van der Waals surface area contributed by atoms with Gasteiger partial charge in [0.1, 0.15) is 6.61 Å². The molecule has 5 nitrogen and oxygen atoms in total. The quantitative estimate of drug-likeness (QED) is 0.737. The Labute approximate surface area is 102 Å². The van der Waals surface area contributed by atoms with Crippen molar-refractivity contribution in [2.24, 2.45) is 0 Å². The molecule has 2 saturated heterocycles. The van der Waals surface area contributed by atoms with Crippen molar-refractivity contribution in [1.82, 2.24) is 9.80 Å². The number of carbonyl (C=O) groups excluding carboxylic acids is 1. The summed E-state index contributed by atoms with van der Waals surface area (Å²) in [6, 6.07) is 0.827. The van der Waals surface area contributed by atoms with Crippen LogP contribution in [0, 0.1) is 0 Å². The van der Waals surface area contributed by atoms with Crippen LogP contribution in [0.5, 0.6) is 0 Å². The van der Waals surface area contributed by atoms with Crippen LogP contribution >= 0.6 is 0 Å². The third kappa shape index (κ3) is 2.78. The van der Waals surface area contributed by atoms with Crippen molar-refractivity contribution in [2.45, 2.75) is 38.5 Å². The lowest BCUT2D eigenvalue weighted by atomic mass is 10.1. The molecule has 5 heteroatoms. The number of nitrogens with zero attached hydrogens (tertiary/aromatic N) is 2. The summed E-state index contributed by atoms with van der Waals surface area (Å²) in [6.45, 7) is 7.00. The number of hydrogen-bond donors (Lipinski definition) is 1. The number of aliphatic hydroxyl groups excluding tert-OH is 1. The maximum atomic E-state index is 11.8. The molecule has 2 heterocycles. The number of ether oxygens (including phenoxy) is 1. The van der Waals surface area contributed by atoms with Crippen molar-refractivity contribution in [3.63, 3.8) is 0 Å². The average Bonchev–Trinajstić information content (AvgIpc) is 2.79. The highest BCUT2D eigenvalue weighted by atomic mass is 16.5. The van der Waals surface area contributed by atoms with Crippen molar-refractivity contribution < 1.29 is 14.6 Å². The van der Waals surface area contributed by atoms with Crippen molar-refractivity contribution in [1.29, 1.82) is 0 Å². The van der Waals surface area contributed by atoms with Crippen LogP contribution in [0.25, 0.3) is 0 Å². The Morgan fingerprint density at radius 1 is 1.47 bits per heavy atom. The van der Waals surface area contributed by atoms with E-state index in [0.717, 1.165) is 19.5 Å². The predicted octanol–water partition coefficient (Wildman–Crippen LogP) is -0.311. The fourth-order valence-corrected chi connectivity index (χ4v) is 2.60. The second kappa shape index (κ2) is 5.33. The standard InChI is InChI=1S/C12H22N2O3/c1-9(2)13-4-3-10(5-13)14-6-11(7-15)17-8-12(14)16/h9-11,15H,3-8H2,1-2H3. The molecule has 0 aliphatic carbocycles. The molecule has 1 N–H and O–H groups in total. The number of hydrogen-bond acceptors (Lipinski definition) is 4. The van der Waals surface area contributed by atoms with Crippen molar-refractivity contribution in [3.05, 3.63) is 0 Å². The third-order valence-corrected chi connectivity index (χ3v) is 3.73. The summed E-state index contributed by atoms with van der Waals surface area (Å²) < 4.78 is 5.25. The molecule has 0 bridgehead atoms. The molecule has 0 aromatic heterocycles. The molecule has 0 radical (unpaired) electrons. The Morgan fingerprint density at radius 2 is 2.24 bits per heavy atom. The minimum atomic E-state index is -0.208. The zero-order valence-corrected chi connectivity index (χ0v) is 10.6. The summed E-state index contributed by atoms with van der Waals surface area (Å²) in [4.78, 5) is 16.1. The fourth-order valence-electron chi connectivity index (χ4n) is 2.60. The van der Waals surface area contributed by atoms with Gasteiger partial charge in [0.2, 0.25) is 5.91 Å². The molecule has 2 aliphatic rings. The maximum absolute atomic E-state index is 11.8. The number of rotatable bonds is 3. The molecule has 0 saturated carbocycles. The van der Waals surface area contributed by atoms with Gasteiger partial charge in [-0.25, -0.2) is 0 Å². The molecule has 0 spiro atoms. The summed E-state index contributed by atoms with van der Waals surface area (Å²) in [5.74, 6) is 0.0605. The van der Waals surface area contributed by atoms with E-state index in [1.165, 1.54) is 0 Å². The van der Waals surface area contributed by atoms with E-state index in [4.69, 9.17) is 9.84 Å². The van der Waals surface area contributed by atoms with Gasteiger partial charge in [0.05, 0.1) is 12.7 Å². The van der Waals surface area contributed by atoms with Crippen LogP contribution in [0.1, 0.15) is 20.3 Å². The molecule has 98 valence electrons. The highest BCUT2D eigenvalue weighted by Crippen LogP contribution is 2.20. The molecule has 2 atom stereocenters. The van der Waals surface area contributed by atoms with Gasteiger partial charge in [-0.15, -0.1) is 0 Å². The van der Waals surface area contributed by atoms with Crippen LogP contribution in [0.15, 0.2) is 0 Å². The summed E-state index contributed by atoms with van der Waals surface area (Å²) in [7, 11) is 0. The lowest BCUT2D eigenvalue weighted by molar-refractivity contribution is -0.154. The minimum absolute atomic E-state index is 0.00953. The largest absolute Gasteiger partial charge is 0.394 e. The van der Waals surface area contributed by atoms with Crippen LogP contribution in [-0.2, 0) is 9.53 Å². The topological polar surface area (TPSA) is 53.0 Å². The SMILES string of the molecule is CC(C)N1CCC(N2CC(CO)OCC2=O)C1. The van der Waals surface area contributed by atoms with E-state index in [1.807, 2.05) is 4.90 Å². The van der Waals surface area contributed by atoms with E-state index < -0.39 is 0 Å². The molecule has 0 aromatic carbocycles. The average molecular weight is 242 g/mol. The smallest absolute Gasteiger partial charge is 0.248 e. The van der Waals surface area contributed by atoms with Gasteiger partial charge in [-0.1, -0.05) is 0 Å². The van der Waals surface area contributed by atoms with Gasteiger partial charge in [-0.3, -0.25) is 9.69 Å². The van der Waals surface area contributed by atoms with Gasteiger partial charge in [0.25, 0.3) is 0 Å². The molecular formula is C12H22N2O3. The summed E-state index contributed by atoms with van der Waals surface area (Å²) >= 11 is 0. The van der Waals surface area contributed by atoms with Crippen LogP contribution in [-0.4, -0.2) is 71.8 Å². The molecule has 2 fully saturated rings. The Bertz CT molecular complexity index is 283. The second-order valence-corrected chi connectivity index (χ2v) is 5.19. The van der Waals surface area contributed by atoms with Crippen LogP contribution in [0.4, 0.5) is 0 Å². The normalized spacial score (nSPS) is 31.5. The van der Waals surface area contributed by atoms with Gasteiger partial charge >= 0.3 is 0 Å². The van der Waals surface area contributed by atoms with E-state index in [0.29, 0.717) is 18.6 Å². The molecule has 2 rings (SSSR count). The van der Waals surface area contributed by atoms with Crippen molar-refractivity contribution in [3.8, 4) is 0 Å². The highest BCUT2D eigenvalue weighted by Gasteiger charge is 2.35. The predicted molar refractivity (Wildman–Crippen MR) is 63.7 cm³/mol. The van der Waals surface area contributed by atoms with E-state index in [1.54, 1.807) is 0 Å².